The molecule has 7 N–H and O–H groups in total. The van der Waals surface area contributed by atoms with Crippen LogP contribution in [0.2, 0.25) is 0 Å². The molecule has 3 aromatic rings. The fourth-order valence-corrected chi connectivity index (χ4v) is 9.12. The highest BCUT2D eigenvalue weighted by atomic mass is 16.3. The van der Waals surface area contributed by atoms with E-state index in [0.717, 1.165) is 37.6 Å². The van der Waals surface area contributed by atoms with E-state index in [1.54, 1.807) is 0 Å². The van der Waals surface area contributed by atoms with Gasteiger partial charge in [-0.1, -0.05) is 72.0 Å². The highest BCUT2D eigenvalue weighted by molar-refractivity contribution is 5.80. The first kappa shape index (κ1) is 30.1. The Balaban J connectivity index is 1.23. The van der Waals surface area contributed by atoms with Crippen LogP contribution in [0.25, 0.3) is 10.9 Å². The number of aliphatic hydroxyl groups excluding tert-OH is 1. The van der Waals surface area contributed by atoms with E-state index in [-0.39, 0.29) is 29.6 Å². The van der Waals surface area contributed by atoms with E-state index in [2.05, 4.69) is 75.7 Å². The van der Waals surface area contributed by atoms with Crippen LogP contribution in [-0.2, 0) is 12.8 Å². The van der Waals surface area contributed by atoms with Gasteiger partial charge in [-0.3, -0.25) is 4.99 Å². The lowest BCUT2D eigenvalue weighted by atomic mass is 9.58. The minimum atomic E-state index is -1.42. The van der Waals surface area contributed by atoms with Crippen molar-refractivity contribution >= 4 is 16.9 Å². The van der Waals surface area contributed by atoms with E-state index in [1.807, 2.05) is 25.1 Å². The molecule has 0 aliphatic heterocycles. The van der Waals surface area contributed by atoms with Crippen LogP contribution < -0.4 is 11.1 Å². The number of para-hydroxylation sites is 1. The minimum absolute atomic E-state index is 0.0667. The van der Waals surface area contributed by atoms with Gasteiger partial charge < -0.3 is 31.4 Å². The molecule has 1 spiro atoms. The molecule has 7 heteroatoms. The summed E-state index contributed by atoms with van der Waals surface area (Å²) in [5.41, 5.74) is 8.49. The molecule has 0 radical (unpaired) electrons. The van der Waals surface area contributed by atoms with Crippen LogP contribution in [0.4, 0.5) is 0 Å². The van der Waals surface area contributed by atoms with Gasteiger partial charge in [0.15, 0.2) is 5.96 Å². The van der Waals surface area contributed by atoms with Crippen molar-refractivity contribution in [3.05, 3.63) is 83.6 Å². The van der Waals surface area contributed by atoms with Gasteiger partial charge in [0.1, 0.15) is 0 Å². The lowest BCUT2D eigenvalue weighted by Gasteiger charge is -2.46. The van der Waals surface area contributed by atoms with Crippen molar-refractivity contribution < 1.29 is 15.3 Å². The highest BCUT2D eigenvalue weighted by Crippen LogP contribution is 2.62. The maximum Gasteiger partial charge on any atom is 0.189 e. The molecule has 2 fully saturated rings. The number of benzene rings is 2. The molecule has 2 saturated carbocycles. The number of hydrogen-bond donors (Lipinski definition) is 6. The summed E-state index contributed by atoms with van der Waals surface area (Å²) in [5.74, 6) is 7.03. The Bertz CT molecular complexity index is 1630. The Kier molecular flexibility index (Phi) is 7.80. The van der Waals surface area contributed by atoms with E-state index >= 15 is 0 Å². The summed E-state index contributed by atoms with van der Waals surface area (Å²) in [4.78, 5) is 8.20. The zero-order valence-corrected chi connectivity index (χ0v) is 26.2. The van der Waals surface area contributed by atoms with Crippen LogP contribution >= 0.6 is 0 Å². The second-order valence-electron chi connectivity index (χ2n) is 14.3. The average Bonchev–Trinajstić information content (AvgIpc) is 3.51. The predicted octanol–water partition coefficient (Wildman–Crippen LogP) is 4.62. The predicted molar refractivity (Wildman–Crippen MR) is 178 cm³/mol. The highest BCUT2D eigenvalue weighted by Gasteiger charge is 2.63. The third kappa shape index (κ3) is 5.58. The number of guanidine groups is 1. The van der Waals surface area contributed by atoms with E-state index in [1.165, 1.54) is 22.2 Å². The molecule has 45 heavy (non-hydrogen) atoms. The lowest BCUT2D eigenvalue weighted by molar-refractivity contribution is -0.106. The summed E-state index contributed by atoms with van der Waals surface area (Å²) < 4.78 is 0. The average molecular weight is 607 g/mol. The van der Waals surface area contributed by atoms with Crippen LogP contribution in [0.15, 0.2) is 77.3 Å². The normalized spacial score (nSPS) is 36.0. The lowest BCUT2D eigenvalue weighted by Crippen LogP contribution is -2.52. The van der Waals surface area contributed by atoms with Gasteiger partial charge in [-0.2, -0.15) is 0 Å². The molecule has 7 nitrogen and oxygen atoms in total. The van der Waals surface area contributed by atoms with Gasteiger partial charge in [-0.15, -0.1) is 0 Å². The molecule has 236 valence electrons. The number of nitrogens with one attached hydrogen (secondary N) is 2. The first-order valence-corrected chi connectivity index (χ1v) is 16.7. The van der Waals surface area contributed by atoms with Gasteiger partial charge in [-0.05, 0) is 86.8 Å². The van der Waals surface area contributed by atoms with Crippen molar-refractivity contribution in [1.29, 1.82) is 0 Å². The van der Waals surface area contributed by atoms with Crippen LogP contribution in [0.3, 0.4) is 0 Å². The van der Waals surface area contributed by atoms with Gasteiger partial charge >= 0.3 is 0 Å². The number of rotatable bonds is 6. The van der Waals surface area contributed by atoms with Crippen LogP contribution in [0, 0.1) is 35.0 Å². The summed E-state index contributed by atoms with van der Waals surface area (Å²) in [7, 11) is 0. The topological polar surface area (TPSA) is 127 Å². The molecule has 1 aromatic heterocycles. The van der Waals surface area contributed by atoms with Crippen molar-refractivity contribution in [1.82, 2.24) is 10.3 Å². The minimum Gasteiger partial charge on any atom is -0.390 e. The van der Waals surface area contributed by atoms with Gasteiger partial charge in [0.25, 0.3) is 0 Å². The largest absolute Gasteiger partial charge is 0.390 e. The fourth-order valence-electron chi connectivity index (χ4n) is 9.12. The van der Waals surface area contributed by atoms with Gasteiger partial charge in [0.2, 0.25) is 0 Å². The monoisotopic (exact) mass is 606 g/mol. The molecule has 2 bridgehead atoms. The van der Waals surface area contributed by atoms with Gasteiger partial charge in [-0.25, -0.2) is 0 Å². The van der Waals surface area contributed by atoms with Crippen LogP contribution in [0.5, 0.6) is 0 Å². The Morgan fingerprint density at radius 3 is 2.67 bits per heavy atom. The molecular weight excluding hydrogens is 560 g/mol. The first-order chi connectivity index (χ1) is 21.7. The molecule has 8 atom stereocenters. The molecule has 4 aliphatic rings. The van der Waals surface area contributed by atoms with Gasteiger partial charge in [0, 0.05) is 41.9 Å². The van der Waals surface area contributed by atoms with E-state index in [9.17, 15) is 15.3 Å². The van der Waals surface area contributed by atoms with E-state index in [4.69, 9.17) is 5.73 Å². The summed E-state index contributed by atoms with van der Waals surface area (Å²) in [6.07, 6.45) is 7.55. The van der Waals surface area contributed by atoms with E-state index in [0.29, 0.717) is 31.8 Å². The van der Waals surface area contributed by atoms with Crippen molar-refractivity contribution in [2.24, 2.45) is 33.9 Å². The number of fused-ring (bicyclic) bond motifs is 1. The number of aliphatic imine (C=N–C) groups is 1. The summed E-state index contributed by atoms with van der Waals surface area (Å²) in [5, 5.41) is 40.4. The molecule has 4 aliphatic carbocycles. The quantitative estimate of drug-likeness (QED) is 0.106. The summed E-state index contributed by atoms with van der Waals surface area (Å²) >= 11 is 0. The molecular formula is C38H46N4O3. The maximum atomic E-state index is 12.5. The van der Waals surface area contributed by atoms with E-state index < -0.39 is 23.3 Å². The Morgan fingerprint density at radius 1 is 1.04 bits per heavy atom. The number of aliphatic hydroxyl groups is 3. The molecule has 2 aromatic carbocycles. The third-order valence-corrected chi connectivity index (χ3v) is 11.6. The Labute approximate surface area is 266 Å². The van der Waals surface area contributed by atoms with Crippen molar-refractivity contribution in [2.75, 3.05) is 6.54 Å². The number of allylic oxidation sites excluding steroid dienone is 2. The number of aromatic amines is 1. The number of nitrogens with two attached hydrogens (primary N) is 1. The number of nitrogens with zero attached hydrogens (tertiary/aromatic N) is 1. The number of H-pyrrole nitrogens is 1. The molecule has 0 amide bonds. The molecule has 7 rings (SSSR count). The van der Waals surface area contributed by atoms with Crippen LogP contribution in [-0.4, -0.2) is 56.2 Å². The van der Waals surface area contributed by atoms with Crippen LogP contribution in [0.1, 0.15) is 63.1 Å². The number of aromatic nitrogens is 1. The first-order valence-electron chi connectivity index (χ1n) is 16.7. The van der Waals surface area contributed by atoms with Gasteiger partial charge in [0.05, 0.1) is 23.3 Å². The molecule has 1 heterocycles. The Morgan fingerprint density at radius 2 is 1.84 bits per heavy atom. The smallest absolute Gasteiger partial charge is 0.189 e. The number of hydrogen-bond acceptors (Lipinski definition) is 4. The SMILES string of the molecule is CC1(O)CCC23CC4C1CC(O)C4(O)CC(NC(N)=NCCc1ccccc1)C#CC2CCC=C3Cc1cc2ccccc2[nH]1. The second kappa shape index (κ2) is 11.7. The second-order valence-corrected chi connectivity index (χ2v) is 14.3. The summed E-state index contributed by atoms with van der Waals surface area (Å²) in [6, 6.07) is 20.3. The fraction of sp³-hybridized carbons (Fsp3) is 0.500. The maximum absolute atomic E-state index is 12.5. The molecule has 0 saturated heterocycles. The van der Waals surface area contributed by atoms with Crippen molar-refractivity contribution in [2.45, 2.75) is 88.1 Å². The Hall–Kier alpha value is -3.57. The van der Waals surface area contributed by atoms with Crippen molar-refractivity contribution in [3.63, 3.8) is 0 Å². The zero-order chi connectivity index (χ0) is 31.2. The standard InChI is InChI=1S/C38H46N4O3/c1-36(44)17-18-37-24-32-31(36)22-34(43)38(32,45)23-29(42-35(39)40-19-16-25-8-3-2-4-9-25)15-14-27(37)11-7-12-28(37)21-30-20-26-10-5-6-13-33(26)41-30/h2-6,8-10,12-13,20,27,29,31-32,34,41,43-45H,7,11,16-19,21-24H2,1H3,(H3,39,40,42). The third-order valence-electron chi connectivity index (χ3n) is 11.6. The van der Waals surface area contributed by atoms with Crippen molar-refractivity contribution in [3.8, 4) is 11.8 Å². The zero-order valence-electron chi connectivity index (χ0n) is 26.2. The summed E-state index contributed by atoms with van der Waals surface area (Å²) in [6.45, 7) is 2.45. The molecule has 8 unspecified atom stereocenters.